The van der Waals surface area contributed by atoms with Crippen molar-refractivity contribution in [2.45, 2.75) is 6.42 Å². The highest BCUT2D eigenvalue weighted by Crippen LogP contribution is 2.29. The molecule has 0 saturated heterocycles. The van der Waals surface area contributed by atoms with E-state index in [2.05, 4.69) is 5.32 Å². The summed E-state index contributed by atoms with van der Waals surface area (Å²) in [5.74, 6) is 0.852. The van der Waals surface area contributed by atoms with Crippen LogP contribution in [0.25, 0.3) is 0 Å². The number of nitro benzene ring substituents is 1. The summed E-state index contributed by atoms with van der Waals surface area (Å²) in [7, 11) is 3.04. The van der Waals surface area contributed by atoms with E-state index in [0.717, 1.165) is 0 Å². The molecule has 23 heavy (non-hydrogen) atoms. The molecule has 1 amide bonds. The first-order chi connectivity index (χ1) is 11.0. The minimum absolute atomic E-state index is 0.0105. The lowest BCUT2D eigenvalue weighted by atomic mass is 10.1. The third-order valence-electron chi connectivity index (χ3n) is 3.19. The van der Waals surface area contributed by atoms with E-state index in [1.807, 2.05) is 0 Å². The topological polar surface area (TPSA) is 90.7 Å². The van der Waals surface area contributed by atoms with E-state index in [1.165, 1.54) is 26.4 Å². The Morgan fingerprint density at radius 3 is 2.39 bits per heavy atom. The third kappa shape index (κ3) is 4.19. The zero-order chi connectivity index (χ0) is 16.8. The molecule has 0 atom stereocenters. The Kier molecular flexibility index (Phi) is 5.14. The number of carbonyl (C=O) groups excluding carboxylic acids is 1. The van der Waals surface area contributed by atoms with Crippen LogP contribution in [0.1, 0.15) is 5.56 Å². The smallest absolute Gasteiger partial charge is 0.269 e. The van der Waals surface area contributed by atoms with Crippen LogP contribution in [0.3, 0.4) is 0 Å². The SMILES string of the molecule is COc1ccc(OC)c(NC(=O)Cc2ccc([N+](=O)[O-])cc2)c1. The van der Waals surface area contributed by atoms with Crippen molar-refractivity contribution in [1.82, 2.24) is 0 Å². The number of nitrogens with zero attached hydrogens (tertiary/aromatic N) is 1. The zero-order valence-corrected chi connectivity index (χ0v) is 12.7. The van der Waals surface area contributed by atoms with Crippen molar-refractivity contribution in [3.63, 3.8) is 0 Å². The van der Waals surface area contributed by atoms with Gasteiger partial charge in [0.2, 0.25) is 5.91 Å². The van der Waals surface area contributed by atoms with Gasteiger partial charge in [0.05, 0.1) is 31.3 Å². The van der Waals surface area contributed by atoms with Gasteiger partial charge in [0.1, 0.15) is 11.5 Å². The Balaban J connectivity index is 2.08. The van der Waals surface area contributed by atoms with E-state index in [0.29, 0.717) is 22.7 Å². The molecule has 0 aliphatic rings. The predicted molar refractivity (Wildman–Crippen MR) is 85.0 cm³/mol. The fourth-order valence-corrected chi connectivity index (χ4v) is 2.03. The summed E-state index contributed by atoms with van der Waals surface area (Å²) in [6.45, 7) is 0. The van der Waals surface area contributed by atoms with Crippen molar-refractivity contribution in [2.75, 3.05) is 19.5 Å². The fourth-order valence-electron chi connectivity index (χ4n) is 2.03. The monoisotopic (exact) mass is 316 g/mol. The number of carbonyl (C=O) groups is 1. The number of nitrogens with one attached hydrogen (secondary N) is 1. The van der Waals surface area contributed by atoms with Crippen molar-refractivity contribution >= 4 is 17.3 Å². The van der Waals surface area contributed by atoms with Crippen LogP contribution in [0.4, 0.5) is 11.4 Å². The number of ether oxygens (including phenoxy) is 2. The van der Waals surface area contributed by atoms with E-state index >= 15 is 0 Å². The minimum atomic E-state index is -0.481. The second kappa shape index (κ2) is 7.26. The highest BCUT2D eigenvalue weighted by atomic mass is 16.6. The lowest BCUT2D eigenvalue weighted by molar-refractivity contribution is -0.384. The standard InChI is InChI=1S/C16H16N2O5/c1-22-13-7-8-15(23-2)14(10-13)17-16(19)9-11-3-5-12(6-4-11)18(20)21/h3-8,10H,9H2,1-2H3,(H,17,19). The van der Waals surface area contributed by atoms with Crippen LogP contribution in [0, 0.1) is 10.1 Å². The minimum Gasteiger partial charge on any atom is -0.497 e. The van der Waals surface area contributed by atoms with E-state index in [9.17, 15) is 14.9 Å². The van der Waals surface area contributed by atoms with Gasteiger partial charge in [0.15, 0.2) is 0 Å². The first-order valence-corrected chi connectivity index (χ1v) is 6.78. The molecule has 0 bridgehead atoms. The number of methoxy groups -OCH3 is 2. The number of anilines is 1. The summed E-state index contributed by atoms with van der Waals surface area (Å²) >= 11 is 0. The van der Waals surface area contributed by atoms with Gasteiger partial charge < -0.3 is 14.8 Å². The number of hydrogen-bond donors (Lipinski definition) is 1. The Labute approximate surface area is 133 Å². The number of nitro groups is 1. The lowest BCUT2D eigenvalue weighted by Gasteiger charge is -2.11. The van der Waals surface area contributed by atoms with Crippen LogP contribution in [-0.2, 0) is 11.2 Å². The molecular formula is C16H16N2O5. The molecule has 0 saturated carbocycles. The van der Waals surface area contributed by atoms with Gasteiger partial charge in [-0.3, -0.25) is 14.9 Å². The molecule has 0 aromatic heterocycles. The summed E-state index contributed by atoms with van der Waals surface area (Å²) in [5, 5.41) is 13.4. The van der Waals surface area contributed by atoms with Crippen molar-refractivity contribution in [1.29, 1.82) is 0 Å². The average molecular weight is 316 g/mol. The van der Waals surface area contributed by atoms with Gasteiger partial charge in [-0.2, -0.15) is 0 Å². The van der Waals surface area contributed by atoms with Gasteiger partial charge in [-0.1, -0.05) is 12.1 Å². The van der Waals surface area contributed by atoms with Gasteiger partial charge in [0, 0.05) is 18.2 Å². The van der Waals surface area contributed by atoms with Crippen molar-refractivity contribution in [2.24, 2.45) is 0 Å². The summed E-state index contributed by atoms with van der Waals surface area (Å²) < 4.78 is 10.3. The fraction of sp³-hybridized carbons (Fsp3) is 0.188. The number of non-ortho nitro benzene ring substituents is 1. The van der Waals surface area contributed by atoms with E-state index < -0.39 is 4.92 Å². The van der Waals surface area contributed by atoms with Crippen LogP contribution in [0.2, 0.25) is 0 Å². The maximum Gasteiger partial charge on any atom is 0.269 e. The van der Waals surface area contributed by atoms with Gasteiger partial charge in [-0.25, -0.2) is 0 Å². The molecule has 2 aromatic rings. The second-order valence-electron chi connectivity index (χ2n) is 4.71. The molecule has 7 heteroatoms. The molecule has 0 aliphatic carbocycles. The van der Waals surface area contributed by atoms with E-state index in [4.69, 9.17) is 9.47 Å². The van der Waals surface area contributed by atoms with E-state index in [-0.39, 0.29) is 18.0 Å². The molecule has 2 aromatic carbocycles. The quantitative estimate of drug-likeness (QED) is 0.653. The lowest BCUT2D eigenvalue weighted by Crippen LogP contribution is -2.15. The average Bonchev–Trinajstić information content (AvgIpc) is 2.55. The van der Waals surface area contributed by atoms with Gasteiger partial charge in [-0.05, 0) is 17.7 Å². The molecule has 120 valence electrons. The molecular weight excluding hydrogens is 300 g/mol. The molecule has 0 fully saturated rings. The predicted octanol–water partition coefficient (Wildman–Crippen LogP) is 2.79. The van der Waals surface area contributed by atoms with Crippen molar-refractivity contribution < 1.29 is 19.2 Å². The number of benzene rings is 2. The Morgan fingerprint density at radius 1 is 1.13 bits per heavy atom. The molecule has 0 unspecified atom stereocenters. The maximum atomic E-state index is 12.1. The van der Waals surface area contributed by atoms with Crippen molar-refractivity contribution in [3.8, 4) is 11.5 Å². The molecule has 0 aliphatic heterocycles. The normalized spacial score (nSPS) is 10.0. The van der Waals surface area contributed by atoms with Crippen molar-refractivity contribution in [3.05, 3.63) is 58.1 Å². The summed E-state index contributed by atoms with van der Waals surface area (Å²) in [6.07, 6.45) is 0.0956. The first-order valence-electron chi connectivity index (χ1n) is 6.78. The zero-order valence-electron chi connectivity index (χ0n) is 12.7. The van der Waals surface area contributed by atoms with Crippen LogP contribution in [0.5, 0.6) is 11.5 Å². The Hall–Kier alpha value is -3.09. The first kappa shape index (κ1) is 16.3. The summed E-state index contributed by atoms with van der Waals surface area (Å²) in [5.41, 5.74) is 1.16. The van der Waals surface area contributed by atoms with Gasteiger partial charge in [0.25, 0.3) is 5.69 Å². The van der Waals surface area contributed by atoms with Gasteiger partial charge >= 0.3 is 0 Å². The third-order valence-corrected chi connectivity index (χ3v) is 3.19. The number of rotatable bonds is 6. The Morgan fingerprint density at radius 2 is 1.83 bits per heavy atom. The molecule has 2 rings (SSSR count). The van der Waals surface area contributed by atoms with Crippen LogP contribution in [0.15, 0.2) is 42.5 Å². The van der Waals surface area contributed by atoms with Crippen LogP contribution >= 0.6 is 0 Å². The van der Waals surface area contributed by atoms with Crippen LogP contribution in [-0.4, -0.2) is 25.1 Å². The highest BCUT2D eigenvalue weighted by molar-refractivity contribution is 5.94. The number of amides is 1. The molecule has 0 radical (unpaired) electrons. The summed E-state index contributed by atoms with van der Waals surface area (Å²) in [4.78, 5) is 22.3. The number of hydrogen-bond acceptors (Lipinski definition) is 5. The second-order valence-corrected chi connectivity index (χ2v) is 4.71. The largest absolute Gasteiger partial charge is 0.497 e. The molecule has 7 nitrogen and oxygen atoms in total. The highest BCUT2D eigenvalue weighted by Gasteiger charge is 2.11. The summed E-state index contributed by atoms with van der Waals surface area (Å²) in [6, 6.07) is 10.9. The van der Waals surface area contributed by atoms with Gasteiger partial charge in [-0.15, -0.1) is 0 Å². The van der Waals surface area contributed by atoms with Crippen LogP contribution < -0.4 is 14.8 Å². The Bertz CT molecular complexity index is 713. The van der Waals surface area contributed by atoms with E-state index in [1.54, 1.807) is 30.3 Å². The molecule has 1 N–H and O–H groups in total. The molecule has 0 spiro atoms. The maximum absolute atomic E-state index is 12.1. The molecule has 0 heterocycles.